The summed E-state index contributed by atoms with van der Waals surface area (Å²) >= 11 is 0. The number of anilines is 1. The quantitative estimate of drug-likeness (QED) is 0.712. The van der Waals surface area contributed by atoms with E-state index in [1.54, 1.807) is 0 Å². The Bertz CT molecular complexity index is 903. The topological polar surface area (TPSA) is 67.9 Å². The van der Waals surface area contributed by atoms with Crippen molar-refractivity contribution >= 4 is 23.1 Å². The van der Waals surface area contributed by atoms with Gasteiger partial charge in [-0.05, 0) is 31.5 Å². The zero-order valence-electron chi connectivity index (χ0n) is 16.3. The molecule has 2 amide bonds. The molecule has 1 heterocycles. The third-order valence-electron chi connectivity index (χ3n) is 4.47. The smallest absolute Gasteiger partial charge is 0.278 e. The highest BCUT2D eigenvalue weighted by Crippen LogP contribution is 2.33. The summed E-state index contributed by atoms with van der Waals surface area (Å²) in [5, 5.41) is 3.15. The van der Waals surface area contributed by atoms with Crippen LogP contribution in [0.4, 0.5) is 5.69 Å². The van der Waals surface area contributed by atoms with E-state index in [1.165, 1.54) is 12.0 Å². The third-order valence-corrected chi connectivity index (χ3v) is 4.47. The molecule has 0 aliphatic carbocycles. The zero-order valence-corrected chi connectivity index (χ0v) is 16.3. The predicted molar refractivity (Wildman–Crippen MR) is 108 cm³/mol. The number of methoxy groups -OCH3 is 1. The molecule has 6 nitrogen and oxygen atoms in total. The lowest BCUT2D eigenvalue weighted by Crippen LogP contribution is -2.35. The summed E-state index contributed by atoms with van der Waals surface area (Å²) in [4.78, 5) is 27.3. The molecule has 0 fully saturated rings. The summed E-state index contributed by atoms with van der Waals surface area (Å²) in [7, 11) is 1.54. The van der Waals surface area contributed by atoms with E-state index >= 15 is 0 Å². The highest BCUT2D eigenvalue weighted by atomic mass is 16.5. The van der Waals surface area contributed by atoms with Crippen LogP contribution in [-0.2, 0) is 14.3 Å². The van der Waals surface area contributed by atoms with E-state index in [9.17, 15) is 9.59 Å². The fraction of sp³-hybridized carbons (Fsp3) is 0.273. The van der Waals surface area contributed by atoms with Crippen molar-refractivity contribution in [2.24, 2.45) is 0 Å². The minimum absolute atomic E-state index is 0.196. The highest BCUT2D eigenvalue weighted by molar-refractivity contribution is 6.36. The number of amides is 2. The molecule has 6 heteroatoms. The Labute approximate surface area is 164 Å². The van der Waals surface area contributed by atoms with Crippen molar-refractivity contribution in [2.45, 2.75) is 13.8 Å². The number of aryl methyl sites for hydroxylation is 1. The lowest BCUT2D eigenvalue weighted by molar-refractivity contribution is -0.137. The molecule has 0 radical (unpaired) electrons. The Morgan fingerprint density at radius 1 is 1.00 bits per heavy atom. The lowest BCUT2D eigenvalue weighted by Gasteiger charge is -2.15. The first-order valence-electron chi connectivity index (χ1n) is 9.22. The summed E-state index contributed by atoms with van der Waals surface area (Å²) in [6.45, 7) is 4.84. The van der Waals surface area contributed by atoms with E-state index in [4.69, 9.17) is 9.47 Å². The molecule has 1 N–H and O–H groups in total. The number of carbonyl (C=O) groups excluding carboxylic acids is 2. The van der Waals surface area contributed by atoms with Gasteiger partial charge in [0.05, 0.1) is 31.0 Å². The van der Waals surface area contributed by atoms with E-state index < -0.39 is 0 Å². The number of hydrogen-bond acceptors (Lipinski definition) is 5. The maximum Gasteiger partial charge on any atom is 0.278 e. The van der Waals surface area contributed by atoms with Gasteiger partial charge in [0, 0.05) is 7.11 Å². The van der Waals surface area contributed by atoms with Crippen LogP contribution in [0, 0.1) is 6.92 Å². The summed E-state index contributed by atoms with van der Waals surface area (Å²) < 4.78 is 10.7. The van der Waals surface area contributed by atoms with Crippen LogP contribution in [0.5, 0.6) is 5.75 Å². The minimum atomic E-state index is -0.371. The average Bonchev–Trinajstić information content (AvgIpc) is 2.92. The van der Waals surface area contributed by atoms with Crippen LogP contribution < -0.4 is 10.1 Å². The van der Waals surface area contributed by atoms with E-state index in [0.29, 0.717) is 29.2 Å². The van der Waals surface area contributed by atoms with E-state index in [2.05, 4.69) is 5.32 Å². The van der Waals surface area contributed by atoms with Gasteiger partial charge in [-0.25, -0.2) is 0 Å². The maximum absolute atomic E-state index is 13.0. The summed E-state index contributed by atoms with van der Waals surface area (Å²) in [6, 6.07) is 14.9. The van der Waals surface area contributed by atoms with Crippen LogP contribution in [0.25, 0.3) is 5.57 Å². The van der Waals surface area contributed by atoms with Crippen LogP contribution in [0.3, 0.4) is 0 Å². The number of para-hydroxylation sites is 2. The molecule has 0 aromatic heterocycles. The monoisotopic (exact) mass is 380 g/mol. The molecule has 2 aromatic rings. The first-order chi connectivity index (χ1) is 13.6. The van der Waals surface area contributed by atoms with Gasteiger partial charge in [0.2, 0.25) is 0 Å². The number of imide groups is 1. The standard InChI is InChI=1S/C22H24N2O4/c1-4-28-18-8-6-5-7-17(18)23-20-19(16-11-9-15(2)10-12-16)21(25)24(22(20)26)13-14-27-3/h5-12,23H,4,13-14H2,1-3H3. The number of ether oxygens (including phenoxy) is 2. The van der Waals surface area contributed by atoms with Crippen molar-refractivity contribution in [1.29, 1.82) is 0 Å². The van der Waals surface area contributed by atoms with Crippen molar-refractivity contribution in [3.8, 4) is 5.75 Å². The summed E-state index contributed by atoms with van der Waals surface area (Å²) in [5.41, 5.74) is 3.01. The van der Waals surface area contributed by atoms with Crippen molar-refractivity contribution < 1.29 is 19.1 Å². The van der Waals surface area contributed by atoms with Crippen LogP contribution in [-0.4, -0.2) is 43.6 Å². The number of benzene rings is 2. The third kappa shape index (κ3) is 3.92. The second-order valence-corrected chi connectivity index (χ2v) is 6.42. The molecule has 0 atom stereocenters. The van der Waals surface area contributed by atoms with Gasteiger partial charge in [-0.15, -0.1) is 0 Å². The molecule has 0 unspecified atom stereocenters. The Kier molecular flexibility index (Phi) is 6.11. The van der Waals surface area contributed by atoms with Crippen LogP contribution in [0.15, 0.2) is 54.2 Å². The number of rotatable bonds is 8. The van der Waals surface area contributed by atoms with Gasteiger partial charge in [-0.3, -0.25) is 14.5 Å². The van der Waals surface area contributed by atoms with E-state index in [-0.39, 0.29) is 30.7 Å². The zero-order chi connectivity index (χ0) is 20.1. The predicted octanol–water partition coefficient (Wildman–Crippen LogP) is 3.23. The average molecular weight is 380 g/mol. The highest BCUT2D eigenvalue weighted by Gasteiger charge is 2.39. The molecule has 1 aliphatic rings. The van der Waals surface area contributed by atoms with Crippen molar-refractivity contribution in [3.05, 3.63) is 65.4 Å². The maximum atomic E-state index is 13.0. The largest absolute Gasteiger partial charge is 0.492 e. The summed E-state index contributed by atoms with van der Waals surface area (Å²) in [5.74, 6) is -0.0810. The van der Waals surface area contributed by atoms with Gasteiger partial charge in [-0.1, -0.05) is 42.0 Å². The molecule has 0 bridgehead atoms. The van der Waals surface area contributed by atoms with Crippen molar-refractivity contribution in [2.75, 3.05) is 32.2 Å². The van der Waals surface area contributed by atoms with Gasteiger partial charge in [0.25, 0.3) is 11.8 Å². The molecule has 0 spiro atoms. The Morgan fingerprint density at radius 3 is 2.39 bits per heavy atom. The molecule has 146 valence electrons. The van der Waals surface area contributed by atoms with Gasteiger partial charge >= 0.3 is 0 Å². The first-order valence-corrected chi connectivity index (χ1v) is 9.22. The molecule has 3 rings (SSSR count). The number of nitrogens with one attached hydrogen (secondary N) is 1. The molecule has 0 saturated heterocycles. The molecular formula is C22H24N2O4. The Balaban J connectivity index is 2.04. The molecule has 0 saturated carbocycles. The van der Waals surface area contributed by atoms with Gasteiger partial charge < -0.3 is 14.8 Å². The molecule has 1 aliphatic heterocycles. The Morgan fingerprint density at radius 2 is 1.71 bits per heavy atom. The number of hydrogen-bond donors (Lipinski definition) is 1. The van der Waals surface area contributed by atoms with Gasteiger partial charge in [0.15, 0.2) is 0 Å². The van der Waals surface area contributed by atoms with Gasteiger partial charge in [0.1, 0.15) is 11.4 Å². The number of carbonyl (C=O) groups is 2. The number of nitrogens with zero attached hydrogens (tertiary/aromatic N) is 1. The fourth-order valence-corrected chi connectivity index (χ4v) is 3.05. The minimum Gasteiger partial charge on any atom is -0.492 e. The van der Waals surface area contributed by atoms with Crippen LogP contribution in [0.1, 0.15) is 18.1 Å². The normalized spacial score (nSPS) is 14.0. The fourth-order valence-electron chi connectivity index (χ4n) is 3.05. The van der Waals surface area contributed by atoms with Crippen LogP contribution in [0.2, 0.25) is 0 Å². The van der Waals surface area contributed by atoms with E-state index in [0.717, 1.165) is 5.56 Å². The second-order valence-electron chi connectivity index (χ2n) is 6.42. The first kappa shape index (κ1) is 19.6. The SMILES string of the molecule is CCOc1ccccc1NC1=C(c2ccc(C)cc2)C(=O)N(CCOC)C1=O. The van der Waals surface area contributed by atoms with Crippen molar-refractivity contribution in [1.82, 2.24) is 4.90 Å². The van der Waals surface area contributed by atoms with Gasteiger partial charge in [-0.2, -0.15) is 0 Å². The molecule has 28 heavy (non-hydrogen) atoms. The molecule has 2 aromatic carbocycles. The van der Waals surface area contributed by atoms with E-state index in [1.807, 2.05) is 62.4 Å². The summed E-state index contributed by atoms with van der Waals surface area (Å²) in [6.07, 6.45) is 0. The van der Waals surface area contributed by atoms with Crippen LogP contribution >= 0.6 is 0 Å². The molecular weight excluding hydrogens is 356 g/mol. The lowest BCUT2D eigenvalue weighted by atomic mass is 10.0. The Hall–Kier alpha value is -3.12. The van der Waals surface area contributed by atoms with Crippen molar-refractivity contribution in [3.63, 3.8) is 0 Å². The second kappa shape index (κ2) is 8.71.